The molecule has 0 atom stereocenters. The second kappa shape index (κ2) is 1.49. The van der Waals surface area contributed by atoms with Gasteiger partial charge in [-0.25, -0.2) is 0 Å². The SMILES string of the molecule is IC1=NN=C=N1. The van der Waals surface area contributed by atoms with Gasteiger partial charge in [0.05, 0.1) is 0 Å². The Morgan fingerprint density at radius 1 is 1.67 bits per heavy atom. The molecule has 0 N–H and O–H groups in total. The lowest BCUT2D eigenvalue weighted by molar-refractivity contribution is 1.29. The van der Waals surface area contributed by atoms with Crippen molar-refractivity contribution in [3.05, 3.63) is 0 Å². The standard InChI is InChI=1S/C2IN3/c3-2-4-1-5-6-2. The predicted octanol–water partition coefficient (Wildman–Crippen LogP) is 0.880. The molecule has 1 rings (SSSR count). The van der Waals surface area contributed by atoms with Crippen LogP contribution in [0.5, 0.6) is 0 Å². The summed E-state index contributed by atoms with van der Waals surface area (Å²) in [4.78, 5) is 3.56. The molecule has 0 fully saturated rings. The van der Waals surface area contributed by atoms with E-state index in [-0.39, 0.29) is 0 Å². The molecule has 0 bridgehead atoms. The van der Waals surface area contributed by atoms with Gasteiger partial charge in [0, 0.05) is 22.6 Å². The van der Waals surface area contributed by atoms with Crippen molar-refractivity contribution in [2.75, 3.05) is 0 Å². The molecule has 0 saturated carbocycles. The number of rotatable bonds is 0. The lowest BCUT2D eigenvalue weighted by atomic mass is 11.3. The molecule has 0 aromatic heterocycles. The Hall–Kier alpha value is -0.220. The van der Waals surface area contributed by atoms with Crippen molar-refractivity contribution >= 4 is 32.4 Å². The van der Waals surface area contributed by atoms with Crippen LogP contribution in [0.4, 0.5) is 0 Å². The second-order valence-corrected chi connectivity index (χ2v) is 1.65. The van der Waals surface area contributed by atoms with Crippen LogP contribution in [0.1, 0.15) is 0 Å². The van der Waals surface area contributed by atoms with Crippen LogP contribution in [-0.2, 0) is 0 Å². The fourth-order valence-corrected chi connectivity index (χ4v) is 0.365. The summed E-state index contributed by atoms with van der Waals surface area (Å²) >= 11 is 1.96. The molecule has 0 spiro atoms. The number of halogens is 1. The van der Waals surface area contributed by atoms with Gasteiger partial charge in [0.25, 0.3) is 0 Å². The van der Waals surface area contributed by atoms with E-state index < -0.39 is 0 Å². The molecule has 0 aliphatic carbocycles. The van der Waals surface area contributed by atoms with Crippen molar-refractivity contribution in [2.45, 2.75) is 0 Å². The molecule has 0 aromatic rings. The molecular weight excluding hydrogens is 193 g/mol. The van der Waals surface area contributed by atoms with Crippen molar-refractivity contribution < 1.29 is 0 Å². The lowest BCUT2D eigenvalue weighted by Crippen LogP contribution is -1.65. The zero-order valence-electron chi connectivity index (χ0n) is 2.72. The second-order valence-electron chi connectivity index (χ2n) is 0.681. The van der Waals surface area contributed by atoms with Crippen LogP contribution in [0.2, 0.25) is 0 Å². The molecule has 0 radical (unpaired) electrons. The van der Waals surface area contributed by atoms with Crippen molar-refractivity contribution in [1.82, 2.24) is 0 Å². The maximum absolute atomic E-state index is 3.56. The highest BCUT2D eigenvalue weighted by Crippen LogP contribution is 1.94. The van der Waals surface area contributed by atoms with E-state index in [1.54, 1.807) is 0 Å². The molecule has 4 heteroatoms. The zero-order chi connectivity index (χ0) is 4.41. The lowest BCUT2D eigenvalue weighted by Gasteiger charge is -1.64. The largest absolute Gasteiger partial charge is 0.222 e. The van der Waals surface area contributed by atoms with Gasteiger partial charge in [-0.1, -0.05) is 5.10 Å². The number of aliphatic imine (C=N–C) groups is 1. The molecule has 0 aromatic carbocycles. The smallest absolute Gasteiger partial charge is 0.157 e. The minimum atomic E-state index is 0.646. The van der Waals surface area contributed by atoms with Crippen LogP contribution in [0, 0.1) is 0 Å². The molecular formula is C2IN3. The molecule has 6 heavy (non-hydrogen) atoms. The summed E-state index contributed by atoms with van der Waals surface area (Å²) < 4.78 is 0.646. The minimum absolute atomic E-state index is 0.646. The summed E-state index contributed by atoms with van der Waals surface area (Å²) in [6, 6.07) is 2.31. The first-order chi connectivity index (χ1) is 2.89. The van der Waals surface area contributed by atoms with Crippen molar-refractivity contribution in [3.8, 4) is 0 Å². The molecule has 0 amide bonds. The molecule has 1 aliphatic heterocycles. The third-order valence-corrected chi connectivity index (χ3v) is 0.776. The average Bonchev–Trinajstić information content (AvgIpc) is 1.86. The first-order valence-corrected chi connectivity index (χ1v) is 2.36. The van der Waals surface area contributed by atoms with Gasteiger partial charge in [-0.15, -0.1) is 5.10 Å². The Morgan fingerprint density at radius 2 is 2.50 bits per heavy atom. The van der Waals surface area contributed by atoms with Crippen LogP contribution >= 0.6 is 22.6 Å². The highest BCUT2D eigenvalue weighted by Gasteiger charge is 1.86. The van der Waals surface area contributed by atoms with E-state index in [0.29, 0.717) is 3.84 Å². The third-order valence-electron chi connectivity index (χ3n) is 0.319. The summed E-state index contributed by atoms with van der Waals surface area (Å²) in [5.41, 5.74) is 0. The summed E-state index contributed by atoms with van der Waals surface area (Å²) in [7, 11) is 0. The van der Waals surface area contributed by atoms with Gasteiger partial charge in [-0.05, 0) is 0 Å². The van der Waals surface area contributed by atoms with Gasteiger partial charge < -0.3 is 0 Å². The van der Waals surface area contributed by atoms with Gasteiger partial charge in [-0.2, -0.15) is 4.99 Å². The summed E-state index contributed by atoms with van der Waals surface area (Å²) in [5, 5.41) is 6.81. The van der Waals surface area contributed by atoms with Crippen LogP contribution < -0.4 is 0 Å². The van der Waals surface area contributed by atoms with E-state index in [1.807, 2.05) is 22.6 Å². The van der Waals surface area contributed by atoms with Gasteiger partial charge in [0.15, 0.2) is 0 Å². The number of hydrogen-bond acceptors (Lipinski definition) is 3. The van der Waals surface area contributed by atoms with Gasteiger partial charge >= 0.3 is 0 Å². The van der Waals surface area contributed by atoms with E-state index in [4.69, 9.17) is 0 Å². The van der Waals surface area contributed by atoms with Crippen molar-refractivity contribution in [3.63, 3.8) is 0 Å². The highest BCUT2D eigenvalue weighted by atomic mass is 127. The molecule has 30 valence electrons. The predicted molar refractivity (Wildman–Crippen MR) is 31.3 cm³/mol. The van der Waals surface area contributed by atoms with Crippen molar-refractivity contribution in [1.29, 1.82) is 0 Å². The van der Waals surface area contributed by atoms with E-state index in [0.717, 1.165) is 0 Å². The Bertz CT molecular complexity index is 141. The normalized spacial score (nSPS) is 15.8. The van der Waals surface area contributed by atoms with Crippen molar-refractivity contribution in [2.24, 2.45) is 15.2 Å². The monoisotopic (exact) mass is 193 g/mol. The first-order valence-electron chi connectivity index (χ1n) is 1.28. The zero-order valence-corrected chi connectivity index (χ0v) is 4.88. The quantitative estimate of drug-likeness (QED) is 0.404. The minimum Gasteiger partial charge on any atom is -0.157 e. The fraction of sp³-hybridized carbons (Fsp3) is 0. The number of nitrogens with zero attached hydrogens (tertiary/aromatic N) is 3. The fourth-order valence-electron chi connectivity index (χ4n) is 0.150. The van der Waals surface area contributed by atoms with E-state index in [1.165, 1.54) is 0 Å². The topological polar surface area (TPSA) is 37.1 Å². The molecule has 0 saturated heterocycles. The number of hydrogen-bond donors (Lipinski definition) is 0. The first kappa shape index (κ1) is 3.95. The average molecular weight is 193 g/mol. The number of amidine groups is 1. The Kier molecular flexibility index (Phi) is 0.979. The van der Waals surface area contributed by atoms with Crippen LogP contribution in [0.15, 0.2) is 15.2 Å². The van der Waals surface area contributed by atoms with E-state index >= 15 is 0 Å². The Labute approximate surface area is 48.0 Å². The summed E-state index contributed by atoms with van der Waals surface area (Å²) in [6.07, 6.45) is 0. The Balaban J connectivity index is 2.88. The summed E-state index contributed by atoms with van der Waals surface area (Å²) in [6.45, 7) is 0. The van der Waals surface area contributed by atoms with Gasteiger partial charge in [0.2, 0.25) is 3.84 Å². The summed E-state index contributed by atoms with van der Waals surface area (Å²) in [5.74, 6) is 0. The van der Waals surface area contributed by atoms with E-state index in [9.17, 15) is 0 Å². The van der Waals surface area contributed by atoms with Gasteiger partial charge in [-0.3, -0.25) is 0 Å². The third kappa shape index (κ3) is 0.636. The van der Waals surface area contributed by atoms with Gasteiger partial charge in [0.1, 0.15) is 6.01 Å². The van der Waals surface area contributed by atoms with E-state index in [2.05, 4.69) is 21.2 Å². The maximum Gasteiger partial charge on any atom is 0.222 e. The molecule has 3 nitrogen and oxygen atoms in total. The Morgan fingerprint density at radius 3 is 2.67 bits per heavy atom. The maximum atomic E-state index is 3.56. The molecule has 1 aliphatic rings. The molecule has 0 unspecified atom stereocenters. The highest BCUT2D eigenvalue weighted by molar-refractivity contribution is 14.1. The van der Waals surface area contributed by atoms with Crippen LogP contribution in [0.3, 0.4) is 0 Å². The van der Waals surface area contributed by atoms with Crippen LogP contribution in [-0.4, -0.2) is 9.85 Å². The van der Waals surface area contributed by atoms with Crippen LogP contribution in [0.25, 0.3) is 0 Å². The molecule has 1 heterocycles.